The van der Waals surface area contributed by atoms with Crippen LogP contribution in [0.1, 0.15) is 164 Å². The van der Waals surface area contributed by atoms with Crippen LogP contribution < -0.4 is 31.1 Å². The van der Waals surface area contributed by atoms with Gasteiger partial charge in [0.1, 0.15) is 11.2 Å². The Hall–Kier alpha value is -8.54. The standard InChI is InChI=1S/C82H80BN3O/c1-49-42-71-76-72(43-49)86(68-47-63-61(44-50(68)2)79(9,10)57-25-18-20-27-59(57)81(63,13)14)69-45-55(84(53-36-32-51(33-37-53)77(3,4)5)54-38-34-52(35-39-54)78(6,7)8)40-41-65(69)83(76)66-46-62-64(82(15,16)60-28-21-19-26-58(60)80(62,11)12)48-70(66)85(71)67-29-23-31-74-75(67)56-24-17-22-30-73(56)87-74/h17-48H,1-16H3. The van der Waals surface area contributed by atoms with E-state index in [9.17, 15) is 0 Å². The molecule has 5 heteroatoms. The highest BCUT2D eigenvalue weighted by Crippen LogP contribution is 2.57. The fourth-order valence-corrected chi connectivity index (χ4v) is 16.2. The SMILES string of the molecule is Cc1cc2c3c(c1)N(c1cccc4oc5ccccc5c14)c1cc4c(cc1B3c1ccc(N(c3ccc(C(C)(C)C)cc3)c3ccc(C(C)(C)C)cc3)cc1N2c1cc2c(cc1C)C(C)(C)c1ccccc1C2(C)C)C(C)(C)c1ccccc1C4(C)C. The first kappa shape index (κ1) is 55.1. The molecule has 0 saturated carbocycles. The van der Waals surface area contributed by atoms with Crippen molar-refractivity contribution in [2.24, 2.45) is 0 Å². The summed E-state index contributed by atoms with van der Waals surface area (Å²) in [6.07, 6.45) is 0. The van der Waals surface area contributed by atoms with E-state index in [1.807, 2.05) is 0 Å². The van der Waals surface area contributed by atoms with Gasteiger partial charge in [0.2, 0.25) is 0 Å². The van der Waals surface area contributed by atoms with Crippen LogP contribution in [0, 0.1) is 13.8 Å². The van der Waals surface area contributed by atoms with Gasteiger partial charge in [-0.3, -0.25) is 0 Å². The largest absolute Gasteiger partial charge is 0.456 e. The number of hydrogen-bond donors (Lipinski definition) is 0. The number of anilines is 9. The Bertz CT molecular complexity index is 4630. The van der Waals surface area contributed by atoms with Crippen LogP contribution >= 0.6 is 0 Å². The van der Waals surface area contributed by atoms with E-state index in [0.29, 0.717) is 0 Å². The molecule has 0 N–H and O–H groups in total. The Balaban J connectivity index is 1.06. The van der Waals surface area contributed by atoms with Gasteiger partial charge < -0.3 is 19.1 Å². The molecule has 1 aromatic heterocycles. The Morgan fingerprint density at radius 1 is 0.368 bits per heavy atom. The van der Waals surface area contributed by atoms with Crippen molar-refractivity contribution in [2.75, 3.05) is 14.7 Å². The minimum absolute atomic E-state index is 0.00526. The molecule has 0 bridgehead atoms. The van der Waals surface area contributed by atoms with Crippen molar-refractivity contribution in [2.45, 2.75) is 143 Å². The van der Waals surface area contributed by atoms with Crippen LogP contribution in [-0.4, -0.2) is 6.71 Å². The molecular weight excluding hydrogens is 1050 g/mol. The molecule has 0 unspecified atom stereocenters. The van der Waals surface area contributed by atoms with Gasteiger partial charge in [-0.2, -0.15) is 0 Å². The summed E-state index contributed by atoms with van der Waals surface area (Å²) in [6.45, 7) is 37.9. The maximum absolute atomic E-state index is 6.78. The molecular formula is C82H80BN3O. The predicted octanol–water partition coefficient (Wildman–Crippen LogP) is 20.3. The number of benzene rings is 10. The molecule has 432 valence electrons. The van der Waals surface area contributed by atoms with E-state index in [2.05, 4.69) is 320 Å². The molecule has 2 aliphatic carbocycles. The molecule has 0 spiro atoms. The maximum atomic E-state index is 6.78. The van der Waals surface area contributed by atoms with Gasteiger partial charge in [0, 0.05) is 72.5 Å². The summed E-state index contributed by atoms with van der Waals surface area (Å²) in [6, 6.07) is 75.1. The summed E-state index contributed by atoms with van der Waals surface area (Å²) in [5, 5.41) is 2.23. The van der Waals surface area contributed by atoms with Crippen LogP contribution in [-0.2, 0) is 32.5 Å². The lowest BCUT2D eigenvalue weighted by atomic mass is 9.33. The average molecular weight is 1130 g/mol. The van der Waals surface area contributed by atoms with Crippen molar-refractivity contribution >= 4 is 96.2 Å². The Kier molecular flexibility index (Phi) is 11.7. The fraction of sp³-hybridized carbons (Fsp3) is 0.268. The lowest BCUT2D eigenvalue weighted by Gasteiger charge is -2.49. The van der Waals surface area contributed by atoms with E-state index in [1.54, 1.807) is 0 Å². The lowest BCUT2D eigenvalue weighted by Crippen LogP contribution is -2.62. The number of aryl methyl sites for hydroxylation is 2. The van der Waals surface area contributed by atoms with Gasteiger partial charge in [-0.05, 0) is 187 Å². The molecule has 3 heterocycles. The number of hydrogen-bond acceptors (Lipinski definition) is 4. The highest BCUT2D eigenvalue weighted by Gasteiger charge is 2.49. The zero-order chi connectivity index (χ0) is 60.8. The second-order valence-corrected chi connectivity index (χ2v) is 30.0. The summed E-state index contributed by atoms with van der Waals surface area (Å²) in [5.41, 5.74) is 31.2. The zero-order valence-corrected chi connectivity index (χ0v) is 53.8. The van der Waals surface area contributed by atoms with Gasteiger partial charge in [-0.15, -0.1) is 0 Å². The molecule has 87 heavy (non-hydrogen) atoms. The Labute approximate surface area is 516 Å². The highest BCUT2D eigenvalue weighted by atomic mass is 16.3. The molecule has 11 aromatic rings. The molecule has 0 atom stereocenters. The molecule has 15 rings (SSSR count). The van der Waals surface area contributed by atoms with Gasteiger partial charge in [-0.1, -0.05) is 212 Å². The predicted molar refractivity (Wildman–Crippen MR) is 371 cm³/mol. The van der Waals surface area contributed by atoms with Gasteiger partial charge >= 0.3 is 0 Å². The third-order valence-corrected chi connectivity index (χ3v) is 21.0. The van der Waals surface area contributed by atoms with Crippen molar-refractivity contribution in [3.8, 4) is 0 Å². The third kappa shape index (κ3) is 7.96. The van der Waals surface area contributed by atoms with Crippen LogP contribution in [0.2, 0.25) is 0 Å². The van der Waals surface area contributed by atoms with Crippen LogP contribution in [0.25, 0.3) is 21.9 Å². The number of furan rings is 1. The molecule has 0 saturated heterocycles. The van der Waals surface area contributed by atoms with Crippen molar-refractivity contribution in [3.05, 3.63) is 261 Å². The van der Waals surface area contributed by atoms with Crippen LogP contribution in [0.15, 0.2) is 199 Å². The van der Waals surface area contributed by atoms with Gasteiger partial charge in [-0.25, -0.2) is 0 Å². The van der Waals surface area contributed by atoms with E-state index >= 15 is 0 Å². The lowest BCUT2D eigenvalue weighted by molar-refractivity contribution is 0.520. The van der Waals surface area contributed by atoms with E-state index in [0.717, 1.165) is 44.7 Å². The van der Waals surface area contributed by atoms with E-state index in [-0.39, 0.29) is 39.2 Å². The average Bonchev–Trinajstić information content (AvgIpc) is 1.89. The Morgan fingerprint density at radius 2 is 0.805 bits per heavy atom. The third-order valence-electron chi connectivity index (χ3n) is 21.0. The smallest absolute Gasteiger partial charge is 0.252 e. The number of nitrogens with zero attached hydrogens (tertiary/aromatic N) is 3. The van der Waals surface area contributed by atoms with Crippen LogP contribution in [0.4, 0.5) is 51.2 Å². The molecule has 10 aromatic carbocycles. The summed E-state index contributed by atoms with van der Waals surface area (Å²) < 4.78 is 6.78. The Morgan fingerprint density at radius 3 is 1.33 bits per heavy atom. The number of fused-ring (bicyclic) bond motifs is 11. The van der Waals surface area contributed by atoms with Crippen molar-refractivity contribution in [3.63, 3.8) is 0 Å². The van der Waals surface area contributed by atoms with Gasteiger partial charge in [0.05, 0.1) is 11.1 Å². The molecule has 2 aliphatic heterocycles. The summed E-state index contributed by atoms with van der Waals surface area (Å²) in [7, 11) is 0. The van der Waals surface area contributed by atoms with E-state index < -0.39 is 0 Å². The topological polar surface area (TPSA) is 22.9 Å². The number of para-hydroxylation sites is 1. The summed E-state index contributed by atoms with van der Waals surface area (Å²) >= 11 is 0. The van der Waals surface area contributed by atoms with Gasteiger partial charge in [0.15, 0.2) is 0 Å². The van der Waals surface area contributed by atoms with Crippen LogP contribution in [0.5, 0.6) is 0 Å². The van der Waals surface area contributed by atoms with Crippen molar-refractivity contribution in [1.29, 1.82) is 0 Å². The summed E-state index contributed by atoms with van der Waals surface area (Å²) in [5.74, 6) is 0. The highest BCUT2D eigenvalue weighted by molar-refractivity contribution is 7.00. The minimum Gasteiger partial charge on any atom is -0.456 e. The van der Waals surface area contributed by atoms with Crippen molar-refractivity contribution < 1.29 is 4.42 Å². The van der Waals surface area contributed by atoms with Gasteiger partial charge in [0.25, 0.3) is 6.71 Å². The minimum atomic E-state index is -0.281. The van der Waals surface area contributed by atoms with Crippen LogP contribution in [0.3, 0.4) is 0 Å². The second-order valence-electron chi connectivity index (χ2n) is 30.0. The number of rotatable bonds is 5. The zero-order valence-electron chi connectivity index (χ0n) is 53.8. The molecule has 0 amide bonds. The van der Waals surface area contributed by atoms with E-state index in [4.69, 9.17) is 4.42 Å². The second kappa shape index (κ2) is 18.5. The van der Waals surface area contributed by atoms with E-state index in [1.165, 1.54) is 112 Å². The quantitative estimate of drug-likeness (QED) is 0.160. The fourth-order valence-electron chi connectivity index (χ4n) is 16.2. The molecule has 0 radical (unpaired) electrons. The summed E-state index contributed by atoms with van der Waals surface area (Å²) in [4.78, 5) is 7.81. The first-order valence-electron chi connectivity index (χ1n) is 31.6. The molecule has 0 fully saturated rings. The van der Waals surface area contributed by atoms with Crippen molar-refractivity contribution in [1.82, 2.24) is 0 Å². The first-order valence-corrected chi connectivity index (χ1v) is 31.6. The molecule has 4 aliphatic rings. The monoisotopic (exact) mass is 1130 g/mol. The normalized spacial score (nSPS) is 16.3. The molecule has 4 nitrogen and oxygen atoms in total. The first-order chi connectivity index (χ1) is 41.3. The maximum Gasteiger partial charge on any atom is 0.252 e.